The fraction of sp³-hybridized carbons (Fsp3) is 0.500. The quantitative estimate of drug-likeness (QED) is 0.0737. The number of aliphatic hydroxyl groups is 1. The van der Waals surface area contributed by atoms with Crippen LogP contribution in [0.5, 0.6) is 0 Å². The average Bonchev–Trinajstić information content (AvgIpc) is 3.71. The van der Waals surface area contributed by atoms with Gasteiger partial charge in [0.1, 0.15) is 0 Å². The van der Waals surface area contributed by atoms with Gasteiger partial charge in [0.25, 0.3) is 0 Å². The molecule has 1 aliphatic heterocycles. The normalized spacial score (nSPS) is 17.0. The van der Waals surface area contributed by atoms with Crippen LogP contribution in [0.25, 0.3) is 5.41 Å². The van der Waals surface area contributed by atoms with E-state index in [2.05, 4.69) is 17.6 Å². The summed E-state index contributed by atoms with van der Waals surface area (Å²) in [4.78, 5) is 13.2. The van der Waals surface area contributed by atoms with Gasteiger partial charge in [-0.05, 0) is 18.4 Å². The molecule has 2 aromatic rings. The molecule has 0 bridgehead atoms. The zero-order valence-electron chi connectivity index (χ0n) is 27.4. The van der Waals surface area contributed by atoms with Crippen molar-refractivity contribution in [2.24, 2.45) is 5.41 Å². The first-order chi connectivity index (χ1) is 21.0. The summed E-state index contributed by atoms with van der Waals surface area (Å²) in [5.74, 6) is -1.36. The van der Waals surface area contributed by atoms with Crippen molar-refractivity contribution in [3.63, 3.8) is 0 Å². The number of rotatable bonds is 13. The second-order valence-electron chi connectivity index (χ2n) is 12.7. The Morgan fingerprint density at radius 1 is 1.13 bits per heavy atom. The Hall–Kier alpha value is -2.53. The molecule has 0 unspecified atom stereocenters. The van der Waals surface area contributed by atoms with E-state index < -0.39 is 32.9 Å². The van der Waals surface area contributed by atoms with Crippen LogP contribution in [0.15, 0.2) is 53.9 Å². The number of hydrogen-bond donors (Lipinski definition) is 0. The van der Waals surface area contributed by atoms with E-state index in [9.17, 15) is 27.4 Å². The number of sulfonamides is 1. The Bertz CT molecular complexity index is 1440. The molecule has 0 amide bonds. The Balaban J connectivity index is 0.000000712. The van der Waals surface area contributed by atoms with Crippen molar-refractivity contribution in [3.8, 4) is 0 Å². The van der Waals surface area contributed by atoms with Crippen LogP contribution in [0.3, 0.4) is 0 Å². The van der Waals surface area contributed by atoms with Gasteiger partial charge < -0.3 is 29.6 Å². The van der Waals surface area contributed by atoms with Crippen molar-refractivity contribution in [3.05, 3.63) is 82.6 Å². The second kappa shape index (κ2) is 16.5. The molecule has 0 spiro atoms. The monoisotopic (exact) mass is 652 g/mol. The smallest absolute Gasteiger partial charge is 0.825 e. The first-order valence-corrected chi connectivity index (χ1v) is 16.3. The molecule has 2 fully saturated rings. The van der Waals surface area contributed by atoms with Crippen molar-refractivity contribution >= 4 is 35.5 Å². The minimum Gasteiger partial charge on any atom is -0.825 e. The van der Waals surface area contributed by atoms with Crippen molar-refractivity contribution in [1.29, 1.82) is 0 Å². The fourth-order valence-electron chi connectivity index (χ4n) is 4.07. The SMILES string of the molecule is CC1(CO/C([C-]=O)=C(/C=[N-])N2CCN(S(=O)(=O)Cc3ccc([B][OH+]C(C)(C)C(C)(C)[OH2+])cc3)CC2)CC1.Fc1c[c-]cc(F)c1.[Li+]. The minimum absolute atomic E-state index is 0. The molecule has 1 radical (unpaired) electrons. The van der Waals surface area contributed by atoms with Gasteiger partial charge in [-0.2, -0.15) is 10.4 Å². The molecule has 1 saturated carbocycles. The van der Waals surface area contributed by atoms with Gasteiger partial charge in [0.2, 0.25) is 21.2 Å². The van der Waals surface area contributed by atoms with E-state index in [1.165, 1.54) is 4.31 Å². The van der Waals surface area contributed by atoms with Crippen LogP contribution in [-0.4, -0.2) is 91.4 Å². The summed E-state index contributed by atoms with van der Waals surface area (Å²) in [5, 5.41) is 18.0. The van der Waals surface area contributed by atoms with Crippen molar-refractivity contribution in [1.82, 2.24) is 9.21 Å². The van der Waals surface area contributed by atoms with Gasteiger partial charge >= 0.3 is 26.3 Å². The van der Waals surface area contributed by atoms with Gasteiger partial charge in [-0.25, -0.2) is 8.42 Å². The zero-order valence-corrected chi connectivity index (χ0v) is 28.3. The summed E-state index contributed by atoms with van der Waals surface area (Å²) in [6.07, 6.45) is 4.68. The number of nitrogens with zero attached hydrogens (tertiary/aromatic N) is 3. The van der Waals surface area contributed by atoms with Crippen LogP contribution in [-0.2, 0) is 25.3 Å². The second-order valence-corrected chi connectivity index (χ2v) is 14.7. The molecule has 14 heteroatoms. The third kappa shape index (κ3) is 11.6. The zero-order chi connectivity index (χ0) is 33.5. The van der Waals surface area contributed by atoms with E-state index >= 15 is 0 Å². The Labute approximate surface area is 284 Å². The molecular formula is C32H42BF2LiN3O6S. The molecule has 1 saturated heterocycles. The number of ether oxygens (including phenoxy) is 1. The summed E-state index contributed by atoms with van der Waals surface area (Å²) in [7, 11) is -1.84. The molecule has 3 N–H and O–H groups in total. The van der Waals surface area contributed by atoms with Gasteiger partial charge in [0.05, 0.1) is 12.4 Å². The maximum absolute atomic E-state index is 13.1. The number of halogens is 2. The first-order valence-electron chi connectivity index (χ1n) is 14.7. The molecule has 245 valence electrons. The Kier molecular flexibility index (Phi) is 14.3. The molecular weight excluding hydrogens is 610 g/mol. The third-order valence-corrected chi connectivity index (χ3v) is 10.1. The Morgan fingerprint density at radius 2 is 1.70 bits per heavy atom. The molecule has 0 atom stereocenters. The van der Waals surface area contributed by atoms with Crippen LogP contribution in [0, 0.1) is 23.1 Å². The van der Waals surface area contributed by atoms with Crippen LogP contribution >= 0.6 is 0 Å². The van der Waals surface area contributed by atoms with Gasteiger partial charge in [-0.15, -0.1) is 18.2 Å². The number of allylic oxidation sites excluding steroid dienone is 2. The maximum atomic E-state index is 13.1. The molecule has 0 aromatic heterocycles. The van der Waals surface area contributed by atoms with E-state index in [-0.39, 0.29) is 54.6 Å². The standard InChI is InChI=1S/C26H38BN3O6S.C6H3F2.Li/c1-24(2,32)25(3,4)36-27-21-8-6-20(7-9-21)18-37(33,34)30-14-12-29(13-15-30)22(16-28)23(17-31)35-19-26(5)10-11-26;7-5-2-1-3-6(8)4-5;/h6-9,16,32,36H,10-15,18-19H2,1-5H3;2-4H;/q2*-1;+1/p+1/b23-22-;;. The van der Waals surface area contributed by atoms with E-state index in [0.717, 1.165) is 42.7 Å². The van der Waals surface area contributed by atoms with E-state index in [1.54, 1.807) is 30.8 Å². The Morgan fingerprint density at radius 3 is 2.13 bits per heavy atom. The van der Waals surface area contributed by atoms with Crippen LogP contribution in [0.1, 0.15) is 53.0 Å². The summed E-state index contributed by atoms with van der Waals surface area (Å²) < 4.78 is 61.5. The summed E-state index contributed by atoms with van der Waals surface area (Å²) in [6.45, 7) is 11.0. The predicted molar refractivity (Wildman–Crippen MR) is 172 cm³/mol. The van der Waals surface area contributed by atoms with Gasteiger partial charge in [-0.3, -0.25) is 15.0 Å². The minimum atomic E-state index is -3.56. The van der Waals surface area contributed by atoms with Gasteiger partial charge in [0.15, 0.2) is 0 Å². The van der Waals surface area contributed by atoms with Crippen molar-refractivity contribution in [2.45, 2.75) is 64.4 Å². The number of carbonyl (C=O) groups excluding carboxylic acids is 1. The molecule has 4 rings (SSSR count). The predicted octanol–water partition coefficient (Wildman–Crippen LogP) is -0.265. The summed E-state index contributed by atoms with van der Waals surface area (Å²) in [6, 6.07) is 12.4. The molecule has 9 nitrogen and oxygen atoms in total. The largest absolute Gasteiger partial charge is 1.00 e. The number of benzene rings is 2. The van der Waals surface area contributed by atoms with E-state index in [1.807, 2.05) is 39.8 Å². The van der Waals surface area contributed by atoms with Crippen LogP contribution in [0.2, 0.25) is 0 Å². The van der Waals surface area contributed by atoms with Crippen molar-refractivity contribution in [2.75, 3.05) is 32.8 Å². The average molecular weight is 653 g/mol. The molecule has 2 aliphatic rings. The van der Waals surface area contributed by atoms with Gasteiger partial charge in [0, 0.05) is 88.4 Å². The third-order valence-electron chi connectivity index (χ3n) is 8.20. The van der Waals surface area contributed by atoms with Crippen LogP contribution < -0.4 is 24.3 Å². The molecule has 1 aliphatic carbocycles. The molecule has 46 heavy (non-hydrogen) atoms. The first kappa shape index (κ1) is 39.7. The number of hydrogen-bond acceptors (Lipinski definition) is 5. The van der Waals surface area contributed by atoms with Crippen LogP contribution in [0.4, 0.5) is 8.78 Å². The number of piperazine rings is 1. The van der Waals surface area contributed by atoms with Crippen molar-refractivity contribution < 1.29 is 55.4 Å². The summed E-state index contributed by atoms with van der Waals surface area (Å²) >= 11 is 0. The van der Waals surface area contributed by atoms with E-state index in [4.69, 9.17) is 9.84 Å². The molecule has 2 aromatic carbocycles. The van der Waals surface area contributed by atoms with Gasteiger partial charge in [-0.1, -0.05) is 36.9 Å². The molecule has 1 heterocycles. The van der Waals surface area contributed by atoms with E-state index in [0.29, 0.717) is 25.3 Å². The summed E-state index contributed by atoms with van der Waals surface area (Å²) in [5.41, 5.74) is 0.506. The topological polar surface area (TPSA) is 125 Å². The fourth-order valence-corrected chi connectivity index (χ4v) is 5.58. The maximum Gasteiger partial charge on any atom is 1.00 e.